The van der Waals surface area contributed by atoms with Crippen LogP contribution in [-0.2, 0) is 19.4 Å². The first-order valence-electron chi connectivity index (χ1n) is 7.79. The molecule has 2 aromatic heterocycles. The second kappa shape index (κ2) is 8.90. The zero-order valence-corrected chi connectivity index (χ0v) is 15.6. The number of guanidine groups is 1. The van der Waals surface area contributed by atoms with Gasteiger partial charge in [-0.15, -0.1) is 24.0 Å². The summed E-state index contributed by atoms with van der Waals surface area (Å²) in [6.07, 6.45) is 6.12. The zero-order valence-electron chi connectivity index (χ0n) is 13.2. The molecule has 23 heavy (non-hydrogen) atoms. The SMILES string of the molecule is CCNC(=NCCc1ccco1)NC1CCc2ncnn2C1.I. The summed E-state index contributed by atoms with van der Waals surface area (Å²) in [5.74, 6) is 2.88. The van der Waals surface area contributed by atoms with E-state index in [0.717, 1.165) is 49.9 Å². The number of aryl methyl sites for hydroxylation is 1. The van der Waals surface area contributed by atoms with Crippen LogP contribution < -0.4 is 10.6 Å². The highest BCUT2D eigenvalue weighted by Gasteiger charge is 2.20. The Hall–Kier alpha value is -1.58. The maximum absolute atomic E-state index is 5.33. The molecule has 8 heteroatoms. The van der Waals surface area contributed by atoms with Crippen LogP contribution in [0.5, 0.6) is 0 Å². The standard InChI is InChI=1S/C15H22N6O.HI/c1-2-16-15(17-8-7-13-4-3-9-22-13)20-12-5-6-14-18-11-19-21(14)10-12;/h3-4,9,11-12H,2,5-8,10H2,1H3,(H2,16,17,20);1H. The van der Waals surface area contributed by atoms with E-state index in [4.69, 9.17) is 4.42 Å². The molecule has 3 heterocycles. The summed E-state index contributed by atoms with van der Waals surface area (Å²) >= 11 is 0. The fourth-order valence-electron chi connectivity index (χ4n) is 2.60. The predicted octanol–water partition coefficient (Wildman–Crippen LogP) is 1.60. The maximum atomic E-state index is 5.33. The predicted molar refractivity (Wildman–Crippen MR) is 99.1 cm³/mol. The summed E-state index contributed by atoms with van der Waals surface area (Å²) in [4.78, 5) is 8.87. The molecule has 1 atom stereocenters. The van der Waals surface area contributed by atoms with Gasteiger partial charge in [-0.1, -0.05) is 0 Å². The van der Waals surface area contributed by atoms with Crippen LogP contribution in [-0.4, -0.2) is 39.9 Å². The molecule has 126 valence electrons. The second-order valence-electron chi connectivity index (χ2n) is 5.33. The molecular formula is C15H23IN6O. The zero-order chi connectivity index (χ0) is 15.2. The van der Waals surface area contributed by atoms with E-state index in [1.165, 1.54) is 0 Å². The minimum absolute atomic E-state index is 0. The average Bonchev–Trinajstić information content (AvgIpc) is 3.18. The summed E-state index contributed by atoms with van der Waals surface area (Å²) in [5.41, 5.74) is 0. The number of hydrogen-bond acceptors (Lipinski definition) is 4. The summed E-state index contributed by atoms with van der Waals surface area (Å²) in [7, 11) is 0. The summed E-state index contributed by atoms with van der Waals surface area (Å²) < 4.78 is 7.29. The Kier molecular flexibility index (Phi) is 6.87. The molecule has 0 spiro atoms. The smallest absolute Gasteiger partial charge is 0.191 e. The number of aliphatic imine (C=N–C) groups is 1. The van der Waals surface area contributed by atoms with Crippen LogP contribution in [0.25, 0.3) is 0 Å². The van der Waals surface area contributed by atoms with E-state index in [1.807, 2.05) is 16.8 Å². The number of aromatic nitrogens is 3. The molecule has 0 saturated heterocycles. The van der Waals surface area contributed by atoms with Gasteiger partial charge in [0.25, 0.3) is 0 Å². The van der Waals surface area contributed by atoms with Gasteiger partial charge >= 0.3 is 0 Å². The van der Waals surface area contributed by atoms with Gasteiger partial charge in [-0.25, -0.2) is 9.67 Å². The van der Waals surface area contributed by atoms with Crippen LogP contribution >= 0.6 is 24.0 Å². The Labute approximate surface area is 153 Å². The van der Waals surface area contributed by atoms with Gasteiger partial charge in [-0.2, -0.15) is 5.10 Å². The fourth-order valence-corrected chi connectivity index (χ4v) is 2.60. The third kappa shape index (κ3) is 4.95. The van der Waals surface area contributed by atoms with E-state index in [-0.39, 0.29) is 24.0 Å². The lowest BCUT2D eigenvalue weighted by atomic mass is 10.1. The highest BCUT2D eigenvalue weighted by molar-refractivity contribution is 14.0. The van der Waals surface area contributed by atoms with Gasteiger partial charge in [0, 0.05) is 32.0 Å². The van der Waals surface area contributed by atoms with Gasteiger partial charge in [-0.3, -0.25) is 4.99 Å². The van der Waals surface area contributed by atoms with Crippen LogP contribution in [0.15, 0.2) is 34.1 Å². The van der Waals surface area contributed by atoms with Crippen molar-refractivity contribution in [1.82, 2.24) is 25.4 Å². The molecule has 1 aliphatic rings. The lowest BCUT2D eigenvalue weighted by Gasteiger charge is -2.25. The van der Waals surface area contributed by atoms with E-state index in [2.05, 4.69) is 32.6 Å². The largest absolute Gasteiger partial charge is 0.469 e. The van der Waals surface area contributed by atoms with Crippen molar-refractivity contribution < 1.29 is 4.42 Å². The monoisotopic (exact) mass is 430 g/mol. The Morgan fingerprint density at radius 3 is 3.22 bits per heavy atom. The van der Waals surface area contributed by atoms with Gasteiger partial charge < -0.3 is 15.1 Å². The number of nitrogens with zero attached hydrogens (tertiary/aromatic N) is 4. The third-order valence-electron chi connectivity index (χ3n) is 3.70. The molecule has 0 fully saturated rings. The van der Waals surface area contributed by atoms with Crippen molar-refractivity contribution >= 4 is 29.9 Å². The molecular weight excluding hydrogens is 407 g/mol. The Balaban J connectivity index is 0.00000192. The van der Waals surface area contributed by atoms with E-state index < -0.39 is 0 Å². The summed E-state index contributed by atoms with van der Waals surface area (Å²) in [6.45, 7) is 4.44. The molecule has 3 rings (SSSR count). The minimum Gasteiger partial charge on any atom is -0.469 e. The molecule has 1 unspecified atom stereocenters. The quantitative estimate of drug-likeness (QED) is 0.428. The Morgan fingerprint density at radius 1 is 1.52 bits per heavy atom. The van der Waals surface area contributed by atoms with Crippen molar-refractivity contribution in [1.29, 1.82) is 0 Å². The van der Waals surface area contributed by atoms with E-state index in [9.17, 15) is 0 Å². The average molecular weight is 430 g/mol. The highest BCUT2D eigenvalue weighted by Crippen LogP contribution is 2.11. The molecule has 0 aliphatic carbocycles. The number of halogens is 1. The van der Waals surface area contributed by atoms with Crippen molar-refractivity contribution in [2.24, 2.45) is 4.99 Å². The number of nitrogens with one attached hydrogen (secondary N) is 2. The Bertz CT molecular complexity index is 609. The van der Waals surface area contributed by atoms with Gasteiger partial charge in [0.1, 0.15) is 17.9 Å². The highest BCUT2D eigenvalue weighted by atomic mass is 127. The van der Waals surface area contributed by atoms with Crippen LogP contribution in [0.3, 0.4) is 0 Å². The van der Waals surface area contributed by atoms with Crippen molar-refractivity contribution in [3.05, 3.63) is 36.3 Å². The third-order valence-corrected chi connectivity index (χ3v) is 3.70. The molecule has 2 N–H and O–H groups in total. The van der Waals surface area contributed by atoms with E-state index in [1.54, 1.807) is 12.6 Å². The van der Waals surface area contributed by atoms with Crippen LogP contribution in [0.4, 0.5) is 0 Å². The first-order chi connectivity index (χ1) is 10.8. The molecule has 7 nitrogen and oxygen atoms in total. The maximum Gasteiger partial charge on any atom is 0.191 e. The van der Waals surface area contributed by atoms with Crippen molar-refractivity contribution in [3.8, 4) is 0 Å². The lowest BCUT2D eigenvalue weighted by Crippen LogP contribution is -2.47. The van der Waals surface area contributed by atoms with Crippen LogP contribution in [0.1, 0.15) is 24.9 Å². The first kappa shape index (κ1) is 17.8. The van der Waals surface area contributed by atoms with Gasteiger partial charge in [0.15, 0.2) is 5.96 Å². The van der Waals surface area contributed by atoms with Crippen molar-refractivity contribution in [2.45, 2.75) is 38.8 Å². The summed E-state index contributed by atoms with van der Waals surface area (Å²) in [6, 6.07) is 4.21. The van der Waals surface area contributed by atoms with Crippen LogP contribution in [0, 0.1) is 0 Å². The van der Waals surface area contributed by atoms with Crippen molar-refractivity contribution in [2.75, 3.05) is 13.1 Å². The molecule has 2 aromatic rings. The molecule has 0 bridgehead atoms. The molecule has 0 aromatic carbocycles. The van der Waals surface area contributed by atoms with E-state index in [0.29, 0.717) is 12.6 Å². The summed E-state index contributed by atoms with van der Waals surface area (Å²) in [5, 5.41) is 11.0. The van der Waals surface area contributed by atoms with E-state index >= 15 is 0 Å². The minimum atomic E-state index is 0. The van der Waals surface area contributed by atoms with Crippen molar-refractivity contribution in [3.63, 3.8) is 0 Å². The normalized spacial score (nSPS) is 17.3. The number of fused-ring (bicyclic) bond motifs is 1. The first-order valence-corrected chi connectivity index (χ1v) is 7.79. The van der Waals surface area contributed by atoms with Gasteiger partial charge in [-0.05, 0) is 25.5 Å². The molecule has 0 radical (unpaired) electrons. The molecule has 0 saturated carbocycles. The van der Waals surface area contributed by atoms with Gasteiger partial charge in [0.2, 0.25) is 0 Å². The number of hydrogen-bond donors (Lipinski definition) is 2. The second-order valence-corrected chi connectivity index (χ2v) is 5.33. The number of furan rings is 1. The van der Waals surface area contributed by atoms with Gasteiger partial charge in [0.05, 0.1) is 12.8 Å². The molecule has 1 aliphatic heterocycles. The number of rotatable bonds is 5. The Morgan fingerprint density at radius 2 is 2.43 bits per heavy atom. The lowest BCUT2D eigenvalue weighted by molar-refractivity contribution is 0.392. The van der Waals surface area contributed by atoms with Crippen LogP contribution in [0.2, 0.25) is 0 Å². The fraction of sp³-hybridized carbons (Fsp3) is 0.533. The molecule has 0 amide bonds. The topological polar surface area (TPSA) is 80.3 Å².